The lowest BCUT2D eigenvalue weighted by molar-refractivity contribution is -0.144. The highest BCUT2D eigenvalue weighted by atomic mass is 32.2. The number of ether oxygens (including phenoxy) is 3. The van der Waals surface area contributed by atoms with Crippen LogP contribution in [-0.4, -0.2) is 72.6 Å². The molecule has 0 spiro atoms. The van der Waals surface area contributed by atoms with Crippen molar-refractivity contribution >= 4 is 35.9 Å². The largest absolute Gasteiger partial charge is 0.480 e. The highest BCUT2D eigenvalue weighted by Crippen LogP contribution is 2.45. The molecule has 2 aliphatic rings. The number of carbonyl (C=O) groups excluding carboxylic acids is 3. The molecule has 11 heteroatoms. The van der Waals surface area contributed by atoms with Crippen LogP contribution in [0, 0.1) is 0 Å². The first-order valence-corrected chi connectivity index (χ1v) is 17.3. The van der Waals surface area contributed by atoms with E-state index in [-0.39, 0.29) is 43.2 Å². The summed E-state index contributed by atoms with van der Waals surface area (Å²) in [5, 5.41) is 14.8. The molecule has 0 saturated heterocycles. The summed E-state index contributed by atoms with van der Waals surface area (Å²) in [6, 6.07) is 29.2. The van der Waals surface area contributed by atoms with Crippen LogP contribution in [0.25, 0.3) is 22.3 Å². The van der Waals surface area contributed by atoms with E-state index < -0.39 is 36.2 Å². The van der Waals surface area contributed by atoms with E-state index in [1.54, 1.807) is 0 Å². The van der Waals surface area contributed by atoms with Gasteiger partial charge in [-0.05, 0) is 44.5 Å². The van der Waals surface area contributed by atoms with Crippen LogP contribution < -0.4 is 10.6 Å². The lowest BCUT2D eigenvalue weighted by Gasteiger charge is -2.20. The average Bonchev–Trinajstić information content (AvgIpc) is 3.63. The first-order valence-electron chi connectivity index (χ1n) is 16.2. The Balaban J connectivity index is 1.02. The summed E-state index contributed by atoms with van der Waals surface area (Å²) in [5.74, 6) is -2.53. The van der Waals surface area contributed by atoms with Gasteiger partial charge in [-0.25, -0.2) is 19.2 Å². The topological polar surface area (TPSA) is 140 Å². The molecular weight excluding hydrogens is 657 g/mol. The fourth-order valence-corrected chi connectivity index (χ4v) is 7.51. The Morgan fingerprint density at radius 3 is 1.42 bits per heavy atom. The Hall–Kier alpha value is -5.55. The molecule has 2 aliphatic carbocycles. The number of carboxylic acids is 1. The van der Waals surface area contributed by atoms with Crippen molar-refractivity contribution in [3.63, 3.8) is 0 Å². The molecule has 2 atom stereocenters. The van der Waals surface area contributed by atoms with Crippen LogP contribution in [0.2, 0.25) is 0 Å². The molecule has 0 saturated carbocycles. The van der Waals surface area contributed by atoms with Crippen molar-refractivity contribution in [2.24, 2.45) is 0 Å². The number of carbonyl (C=O) groups is 4. The second-order valence-electron chi connectivity index (χ2n) is 11.8. The number of esters is 1. The van der Waals surface area contributed by atoms with E-state index in [2.05, 4.69) is 17.2 Å². The Kier molecular flexibility index (Phi) is 10.8. The van der Waals surface area contributed by atoms with Crippen molar-refractivity contribution < 1.29 is 38.5 Å². The number of fused-ring (bicyclic) bond motifs is 6. The monoisotopic (exact) mass is 692 g/mol. The van der Waals surface area contributed by atoms with Crippen LogP contribution in [0.4, 0.5) is 9.59 Å². The third-order valence-corrected chi connectivity index (χ3v) is 9.90. The molecule has 50 heavy (non-hydrogen) atoms. The molecule has 0 aliphatic heterocycles. The summed E-state index contributed by atoms with van der Waals surface area (Å²) in [4.78, 5) is 50.6. The van der Waals surface area contributed by atoms with Gasteiger partial charge >= 0.3 is 24.1 Å². The van der Waals surface area contributed by atoms with Gasteiger partial charge in [-0.15, -0.1) is 0 Å². The van der Waals surface area contributed by atoms with Crippen LogP contribution in [0.3, 0.4) is 0 Å². The van der Waals surface area contributed by atoms with Crippen LogP contribution in [0.15, 0.2) is 110 Å². The Morgan fingerprint density at radius 1 is 0.640 bits per heavy atom. The summed E-state index contributed by atoms with van der Waals surface area (Å²) in [6.45, 7) is 3.55. The molecule has 10 nitrogen and oxygen atoms in total. The van der Waals surface area contributed by atoms with Gasteiger partial charge in [-0.2, -0.15) is 11.8 Å². The first-order chi connectivity index (χ1) is 24.4. The predicted octanol–water partition coefficient (Wildman–Crippen LogP) is 6.35. The van der Waals surface area contributed by atoms with Crippen LogP contribution in [-0.2, 0) is 23.8 Å². The maximum absolute atomic E-state index is 13.0. The van der Waals surface area contributed by atoms with Gasteiger partial charge in [0, 0.05) is 23.3 Å². The highest BCUT2D eigenvalue weighted by Gasteiger charge is 2.32. The summed E-state index contributed by atoms with van der Waals surface area (Å²) >= 11 is 1.05. The summed E-state index contributed by atoms with van der Waals surface area (Å²) < 4.78 is 16.3. The highest BCUT2D eigenvalue weighted by molar-refractivity contribution is 7.99. The molecular formula is C39H36N2O8S. The molecule has 6 rings (SSSR count). The van der Waals surface area contributed by atoms with Crippen molar-refractivity contribution in [3.05, 3.63) is 132 Å². The summed E-state index contributed by atoms with van der Waals surface area (Å²) in [5.41, 5.74) is 8.47. The summed E-state index contributed by atoms with van der Waals surface area (Å²) in [6.07, 6.45) is -0.299. The number of nitrogens with one attached hydrogen (secondary N) is 2. The molecule has 0 aromatic heterocycles. The van der Waals surface area contributed by atoms with E-state index in [0.29, 0.717) is 0 Å². The molecule has 0 unspecified atom stereocenters. The van der Waals surface area contributed by atoms with Crippen molar-refractivity contribution in [2.45, 2.75) is 23.9 Å². The molecule has 0 heterocycles. The number of rotatable bonds is 14. The molecule has 2 amide bonds. The van der Waals surface area contributed by atoms with E-state index in [1.807, 2.05) is 97.1 Å². The number of thioether (sulfide) groups is 1. The molecule has 4 aromatic carbocycles. The molecule has 4 aromatic rings. The van der Waals surface area contributed by atoms with E-state index in [1.165, 1.54) is 6.08 Å². The minimum atomic E-state index is -1.32. The van der Waals surface area contributed by atoms with Gasteiger partial charge in [-0.1, -0.05) is 110 Å². The lowest BCUT2D eigenvalue weighted by atomic mass is 9.98. The SMILES string of the molecule is C=CCOC(=O)[C@@H](CSC[C@H](NC(=O)OCC1c2ccccc2-c2ccccc21)C(=O)O)NC(=O)OCC1c2ccccc2-c2ccccc21. The maximum Gasteiger partial charge on any atom is 0.407 e. The van der Waals surface area contributed by atoms with Crippen molar-refractivity contribution in [1.29, 1.82) is 0 Å². The van der Waals surface area contributed by atoms with Gasteiger partial charge in [0.1, 0.15) is 31.9 Å². The number of benzene rings is 4. The standard InChI is InChI=1S/C39H36N2O8S/c1-2-19-47-37(44)35(41-39(46)49-21-33-30-17-9-5-13-26(30)27-14-6-10-18-31(27)33)23-50-22-34(36(42)43)40-38(45)48-20-32-28-15-7-3-11-24(28)25-12-4-8-16-29(25)32/h2-18,32-35H,1,19-23H2,(H,40,45)(H,41,46)(H,42,43)/t34-,35+/m0/s1. The number of hydrogen-bond donors (Lipinski definition) is 3. The zero-order valence-corrected chi connectivity index (χ0v) is 27.9. The quantitative estimate of drug-likeness (QED) is 0.0784. The number of hydrogen-bond acceptors (Lipinski definition) is 8. The fourth-order valence-electron chi connectivity index (χ4n) is 6.45. The van der Waals surface area contributed by atoms with Crippen LogP contribution in [0.1, 0.15) is 34.1 Å². The van der Waals surface area contributed by atoms with Gasteiger partial charge in [0.15, 0.2) is 0 Å². The van der Waals surface area contributed by atoms with Crippen LogP contribution >= 0.6 is 11.8 Å². The zero-order chi connectivity index (χ0) is 35.0. The minimum absolute atomic E-state index is 0.0284. The predicted molar refractivity (Wildman–Crippen MR) is 190 cm³/mol. The third kappa shape index (κ3) is 7.52. The normalized spacial score (nSPS) is 13.8. The summed E-state index contributed by atoms with van der Waals surface area (Å²) in [7, 11) is 0. The van der Waals surface area contributed by atoms with E-state index in [9.17, 15) is 24.3 Å². The molecule has 256 valence electrons. The van der Waals surface area contributed by atoms with Crippen molar-refractivity contribution in [1.82, 2.24) is 10.6 Å². The van der Waals surface area contributed by atoms with Crippen LogP contribution in [0.5, 0.6) is 0 Å². The van der Waals surface area contributed by atoms with E-state index in [4.69, 9.17) is 14.2 Å². The Bertz CT molecular complexity index is 1820. The minimum Gasteiger partial charge on any atom is -0.480 e. The van der Waals surface area contributed by atoms with E-state index in [0.717, 1.165) is 56.3 Å². The molecule has 0 bridgehead atoms. The lowest BCUT2D eigenvalue weighted by Crippen LogP contribution is -2.46. The van der Waals surface area contributed by atoms with Crippen molar-refractivity contribution in [2.75, 3.05) is 31.3 Å². The van der Waals surface area contributed by atoms with Gasteiger partial charge in [0.2, 0.25) is 0 Å². The smallest absolute Gasteiger partial charge is 0.407 e. The molecule has 3 N–H and O–H groups in total. The zero-order valence-electron chi connectivity index (χ0n) is 27.1. The van der Waals surface area contributed by atoms with Gasteiger partial charge in [0.25, 0.3) is 0 Å². The van der Waals surface area contributed by atoms with Gasteiger partial charge in [0.05, 0.1) is 0 Å². The van der Waals surface area contributed by atoms with Gasteiger partial charge < -0.3 is 30.0 Å². The third-order valence-electron chi connectivity index (χ3n) is 8.77. The fraction of sp³-hybridized carbons (Fsp3) is 0.231. The maximum atomic E-state index is 13.0. The number of carboxylic acid groups (broad SMARTS) is 1. The van der Waals surface area contributed by atoms with Gasteiger partial charge in [-0.3, -0.25) is 0 Å². The first kappa shape index (κ1) is 34.3. The Labute approximate surface area is 293 Å². The molecule has 0 fully saturated rings. The average molecular weight is 693 g/mol. The second-order valence-corrected chi connectivity index (χ2v) is 12.9. The Morgan fingerprint density at radius 2 is 1.02 bits per heavy atom. The second kappa shape index (κ2) is 15.8. The van der Waals surface area contributed by atoms with E-state index >= 15 is 0 Å². The van der Waals surface area contributed by atoms with Crippen molar-refractivity contribution in [3.8, 4) is 22.3 Å². The number of amides is 2. The number of aliphatic carboxylic acids is 1. The molecule has 0 radical (unpaired) electrons. The number of alkyl carbamates (subject to hydrolysis) is 2.